The maximum Gasteiger partial charge on any atom is 0.223 e. The molecule has 0 spiro atoms. The molecule has 1 amide bonds. The zero-order valence-corrected chi connectivity index (χ0v) is 17.1. The third kappa shape index (κ3) is 6.94. The van der Waals surface area contributed by atoms with Gasteiger partial charge in [0, 0.05) is 30.9 Å². The summed E-state index contributed by atoms with van der Waals surface area (Å²) in [5, 5.41) is 12.7. The molecule has 0 unspecified atom stereocenters. The van der Waals surface area contributed by atoms with E-state index in [0.717, 1.165) is 36.0 Å². The second-order valence-electron chi connectivity index (χ2n) is 7.07. The molecule has 6 nitrogen and oxygen atoms in total. The van der Waals surface area contributed by atoms with E-state index in [1.165, 1.54) is 19.3 Å². The van der Waals surface area contributed by atoms with Gasteiger partial charge in [-0.1, -0.05) is 33.1 Å². The fourth-order valence-electron chi connectivity index (χ4n) is 3.03. The van der Waals surface area contributed by atoms with Gasteiger partial charge in [0.15, 0.2) is 5.96 Å². The van der Waals surface area contributed by atoms with Gasteiger partial charge in [-0.2, -0.15) is 0 Å². The molecule has 146 valence electrons. The number of nitrogens with one attached hydrogen (secondary N) is 3. The van der Waals surface area contributed by atoms with Crippen molar-refractivity contribution >= 4 is 23.2 Å². The molecule has 0 radical (unpaired) electrons. The lowest BCUT2D eigenvalue weighted by atomic mass is 9.89. The number of hydrogen-bond acceptors (Lipinski definition) is 4. The zero-order chi connectivity index (χ0) is 18.8. The molecule has 1 saturated carbocycles. The third-order valence-corrected chi connectivity index (χ3v) is 5.42. The molecule has 1 fully saturated rings. The SMILES string of the molecule is CCNC(=NCc1nc(C(C)C)cs1)NCCNC(=O)C1CCCCC1. The van der Waals surface area contributed by atoms with E-state index in [2.05, 4.69) is 45.2 Å². The van der Waals surface area contributed by atoms with Crippen LogP contribution in [0.3, 0.4) is 0 Å². The predicted molar refractivity (Wildman–Crippen MR) is 109 cm³/mol. The van der Waals surface area contributed by atoms with E-state index >= 15 is 0 Å². The molecule has 0 atom stereocenters. The normalized spacial score (nSPS) is 15.9. The Balaban J connectivity index is 1.73. The first-order chi connectivity index (χ1) is 12.6. The standard InChI is InChI=1S/C19H33N5OS/c1-4-20-19(23-12-17-24-16(13-26-17)14(2)3)22-11-10-21-18(25)15-8-6-5-7-9-15/h13-15H,4-12H2,1-3H3,(H,21,25)(H2,20,22,23). The number of rotatable bonds is 8. The summed E-state index contributed by atoms with van der Waals surface area (Å²) < 4.78 is 0. The molecule has 26 heavy (non-hydrogen) atoms. The average molecular weight is 380 g/mol. The zero-order valence-electron chi connectivity index (χ0n) is 16.3. The van der Waals surface area contributed by atoms with Crippen LogP contribution in [-0.4, -0.2) is 36.5 Å². The van der Waals surface area contributed by atoms with Crippen molar-refractivity contribution in [2.75, 3.05) is 19.6 Å². The summed E-state index contributed by atoms with van der Waals surface area (Å²) in [5.74, 6) is 1.63. The number of carbonyl (C=O) groups excluding carboxylic acids is 1. The fourth-order valence-corrected chi connectivity index (χ4v) is 3.91. The Morgan fingerprint density at radius 2 is 1.96 bits per heavy atom. The summed E-state index contributed by atoms with van der Waals surface area (Å²) in [7, 11) is 0. The lowest BCUT2D eigenvalue weighted by Gasteiger charge is -2.20. The van der Waals surface area contributed by atoms with Crippen molar-refractivity contribution in [3.05, 3.63) is 16.1 Å². The molecule has 0 bridgehead atoms. The van der Waals surface area contributed by atoms with Gasteiger partial charge < -0.3 is 16.0 Å². The minimum Gasteiger partial charge on any atom is -0.357 e. The number of nitrogens with zero attached hydrogens (tertiary/aromatic N) is 2. The minimum absolute atomic E-state index is 0.206. The van der Waals surface area contributed by atoms with Crippen molar-refractivity contribution in [2.45, 2.75) is 65.3 Å². The van der Waals surface area contributed by atoms with Crippen LogP contribution in [0, 0.1) is 5.92 Å². The second-order valence-corrected chi connectivity index (χ2v) is 8.01. The van der Waals surface area contributed by atoms with Gasteiger partial charge in [-0.25, -0.2) is 9.98 Å². The highest BCUT2D eigenvalue weighted by atomic mass is 32.1. The summed E-state index contributed by atoms with van der Waals surface area (Å²) in [5.41, 5.74) is 1.13. The number of aromatic nitrogens is 1. The first-order valence-electron chi connectivity index (χ1n) is 9.84. The minimum atomic E-state index is 0.206. The fraction of sp³-hybridized carbons (Fsp3) is 0.737. The lowest BCUT2D eigenvalue weighted by Crippen LogP contribution is -2.42. The molecule has 1 aliphatic rings. The van der Waals surface area contributed by atoms with Crippen molar-refractivity contribution in [1.82, 2.24) is 20.9 Å². The quantitative estimate of drug-likeness (QED) is 0.369. The van der Waals surface area contributed by atoms with E-state index in [0.29, 0.717) is 25.6 Å². The Hall–Kier alpha value is -1.63. The topological polar surface area (TPSA) is 78.4 Å². The van der Waals surface area contributed by atoms with Crippen LogP contribution < -0.4 is 16.0 Å². The summed E-state index contributed by atoms with van der Waals surface area (Å²) >= 11 is 1.66. The molecule has 3 N–H and O–H groups in total. The van der Waals surface area contributed by atoms with E-state index in [4.69, 9.17) is 0 Å². The summed E-state index contributed by atoms with van der Waals surface area (Å²) in [4.78, 5) is 21.3. The van der Waals surface area contributed by atoms with Crippen LogP contribution in [0.25, 0.3) is 0 Å². The van der Waals surface area contributed by atoms with Crippen molar-refractivity contribution in [3.63, 3.8) is 0 Å². The number of amides is 1. The van der Waals surface area contributed by atoms with Crippen molar-refractivity contribution in [2.24, 2.45) is 10.9 Å². The Bertz CT molecular complexity index is 578. The van der Waals surface area contributed by atoms with Crippen LogP contribution in [0.5, 0.6) is 0 Å². The monoisotopic (exact) mass is 379 g/mol. The van der Waals surface area contributed by atoms with E-state index in [9.17, 15) is 4.79 Å². The van der Waals surface area contributed by atoms with Crippen molar-refractivity contribution in [3.8, 4) is 0 Å². The summed E-state index contributed by atoms with van der Waals surface area (Å²) in [6, 6.07) is 0. The van der Waals surface area contributed by atoms with Gasteiger partial charge in [-0.3, -0.25) is 4.79 Å². The smallest absolute Gasteiger partial charge is 0.223 e. The largest absolute Gasteiger partial charge is 0.357 e. The van der Waals surface area contributed by atoms with Gasteiger partial charge in [0.05, 0.1) is 12.2 Å². The highest BCUT2D eigenvalue weighted by Gasteiger charge is 2.20. The van der Waals surface area contributed by atoms with Crippen molar-refractivity contribution in [1.29, 1.82) is 0 Å². The maximum absolute atomic E-state index is 12.1. The van der Waals surface area contributed by atoms with Gasteiger partial charge in [0.1, 0.15) is 5.01 Å². The molecule has 1 aromatic rings. The van der Waals surface area contributed by atoms with E-state index < -0.39 is 0 Å². The molecular weight excluding hydrogens is 346 g/mol. The molecule has 1 heterocycles. The van der Waals surface area contributed by atoms with Crippen LogP contribution in [0.15, 0.2) is 10.4 Å². The maximum atomic E-state index is 12.1. The van der Waals surface area contributed by atoms with Crippen LogP contribution >= 0.6 is 11.3 Å². The van der Waals surface area contributed by atoms with Crippen LogP contribution in [0.4, 0.5) is 0 Å². The second kappa shape index (κ2) is 11.2. The molecule has 1 aliphatic carbocycles. The number of aliphatic imine (C=N–C) groups is 1. The molecule has 2 rings (SSSR count). The Kier molecular flexibility index (Phi) is 8.88. The van der Waals surface area contributed by atoms with E-state index in [-0.39, 0.29) is 11.8 Å². The summed E-state index contributed by atoms with van der Waals surface area (Å²) in [6.07, 6.45) is 5.71. The summed E-state index contributed by atoms with van der Waals surface area (Å²) in [6.45, 7) is 9.00. The highest BCUT2D eigenvalue weighted by Crippen LogP contribution is 2.23. The Morgan fingerprint density at radius 3 is 2.62 bits per heavy atom. The van der Waals surface area contributed by atoms with Crippen LogP contribution in [-0.2, 0) is 11.3 Å². The van der Waals surface area contributed by atoms with Gasteiger partial charge >= 0.3 is 0 Å². The molecule has 0 saturated heterocycles. The number of thiazole rings is 1. The Labute approximate surface area is 161 Å². The molecule has 1 aromatic heterocycles. The highest BCUT2D eigenvalue weighted by molar-refractivity contribution is 7.09. The van der Waals surface area contributed by atoms with E-state index in [1.807, 2.05) is 6.92 Å². The molecule has 0 aromatic carbocycles. The van der Waals surface area contributed by atoms with E-state index in [1.54, 1.807) is 11.3 Å². The number of carbonyl (C=O) groups is 1. The van der Waals surface area contributed by atoms with Crippen LogP contribution in [0.1, 0.15) is 69.5 Å². The van der Waals surface area contributed by atoms with Gasteiger partial charge in [-0.15, -0.1) is 11.3 Å². The molecule has 7 heteroatoms. The van der Waals surface area contributed by atoms with Gasteiger partial charge in [0.25, 0.3) is 0 Å². The first-order valence-corrected chi connectivity index (χ1v) is 10.7. The lowest BCUT2D eigenvalue weighted by molar-refractivity contribution is -0.125. The number of guanidine groups is 1. The van der Waals surface area contributed by atoms with Gasteiger partial charge in [-0.05, 0) is 25.7 Å². The van der Waals surface area contributed by atoms with Crippen molar-refractivity contribution < 1.29 is 4.79 Å². The Morgan fingerprint density at radius 1 is 1.23 bits per heavy atom. The molecular formula is C19H33N5OS. The average Bonchev–Trinajstić information content (AvgIpc) is 3.13. The van der Waals surface area contributed by atoms with Crippen LogP contribution in [0.2, 0.25) is 0 Å². The van der Waals surface area contributed by atoms with Gasteiger partial charge in [0.2, 0.25) is 5.91 Å². The predicted octanol–water partition coefficient (Wildman–Crippen LogP) is 3.02. The first kappa shape index (κ1) is 20.7. The number of hydrogen-bond donors (Lipinski definition) is 3. The third-order valence-electron chi connectivity index (χ3n) is 4.57. The molecule has 0 aliphatic heterocycles.